The summed E-state index contributed by atoms with van der Waals surface area (Å²) in [6.45, 7) is 8.48. The summed E-state index contributed by atoms with van der Waals surface area (Å²) in [7, 11) is 0. The lowest BCUT2D eigenvalue weighted by atomic mass is 10.3. The van der Waals surface area contributed by atoms with E-state index in [9.17, 15) is 9.59 Å². The van der Waals surface area contributed by atoms with Crippen LogP contribution in [0.15, 0.2) is 12.2 Å². The number of hydrogen-bond donors (Lipinski definition) is 2. The van der Waals surface area contributed by atoms with Crippen molar-refractivity contribution in [3.8, 4) is 0 Å². The quantitative estimate of drug-likeness (QED) is 0.456. The van der Waals surface area contributed by atoms with Crippen LogP contribution in [0.5, 0.6) is 0 Å². The molecule has 0 fully saturated rings. The molecule has 1 amide bonds. The molecule has 0 heterocycles. The number of hydrogen-bond acceptors (Lipinski definition) is 4. The summed E-state index contributed by atoms with van der Waals surface area (Å²) in [6.07, 6.45) is 0. The van der Waals surface area contributed by atoms with E-state index in [0.29, 0.717) is 18.7 Å². The Morgan fingerprint density at radius 2 is 1.93 bits per heavy atom. The highest BCUT2D eigenvalue weighted by Gasteiger charge is 2.07. The molecule has 0 aliphatic carbocycles. The van der Waals surface area contributed by atoms with Crippen molar-refractivity contribution in [1.82, 2.24) is 10.6 Å². The first kappa shape index (κ1) is 13.6. The van der Waals surface area contributed by atoms with E-state index in [-0.39, 0.29) is 19.0 Å². The van der Waals surface area contributed by atoms with Crippen LogP contribution in [0.25, 0.3) is 0 Å². The van der Waals surface area contributed by atoms with E-state index in [4.69, 9.17) is 4.74 Å². The third kappa shape index (κ3) is 6.68. The SMILES string of the molecule is C=C(CNCC(=O)NCC)C(=O)OCC. The van der Waals surface area contributed by atoms with E-state index >= 15 is 0 Å². The first-order valence-corrected chi connectivity index (χ1v) is 4.94. The topological polar surface area (TPSA) is 67.4 Å². The molecular weight excluding hydrogens is 196 g/mol. The molecule has 0 aliphatic rings. The third-order valence-corrected chi connectivity index (χ3v) is 1.56. The molecule has 15 heavy (non-hydrogen) atoms. The molecule has 0 aromatic carbocycles. The van der Waals surface area contributed by atoms with Gasteiger partial charge in [0.2, 0.25) is 5.91 Å². The number of esters is 1. The maximum Gasteiger partial charge on any atom is 0.334 e. The van der Waals surface area contributed by atoms with Crippen LogP contribution in [0.4, 0.5) is 0 Å². The molecule has 0 atom stereocenters. The second kappa shape index (κ2) is 7.99. The fourth-order valence-electron chi connectivity index (χ4n) is 0.892. The Labute approximate surface area is 89.9 Å². The van der Waals surface area contributed by atoms with Gasteiger partial charge in [-0.3, -0.25) is 4.79 Å². The molecule has 0 spiro atoms. The molecule has 0 radical (unpaired) electrons. The number of carbonyl (C=O) groups is 2. The van der Waals surface area contributed by atoms with Crippen LogP contribution in [-0.4, -0.2) is 38.1 Å². The van der Waals surface area contributed by atoms with Crippen molar-refractivity contribution >= 4 is 11.9 Å². The Balaban J connectivity index is 3.63. The van der Waals surface area contributed by atoms with Gasteiger partial charge in [-0.15, -0.1) is 0 Å². The molecule has 0 aromatic rings. The van der Waals surface area contributed by atoms with E-state index in [2.05, 4.69) is 17.2 Å². The molecule has 86 valence electrons. The van der Waals surface area contributed by atoms with Crippen molar-refractivity contribution in [2.75, 3.05) is 26.2 Å². The molecule has 5 heteroatoms. The minimum Gasteiger partial charge on any atom is -0.463 e. The van der Waals surface area contributed by atoms with Crippen molar-refractivity contribution in [1.29, 1.82) is 0 Å². The molecule has 5 nitrogen and oxygen atoms in total. The number of carbonyl (C=O) groups excluding carboxylic acids is 2. The number of ether oxygens (including phenoxy) is 1. The Morgan fingerprint density at radius 1 is 1.27 bits per heavy atom. The van der Waals surface area contributed by atoms with Crippen LogP contribution >= 0.6 is 0 Å². The standard InChI is InChI=1S/C10H18N2O3/c1-4-12-9(13)7-11-6-8(3)10(14)15-5-2/h11H,3-7H2,1-2H3,(H,12,13). The maximum atomic E-state index is 11.1. The monoisotopic (exact) mass is 214 g/mol. The minimum absolute atomic E-state index is 0.103. The van der Waals surface area contributed by atoms with Crippen LogP contribution in [0.2, 0.25) is 0 Å². The molecule has 0 saturated heterocycles. The lowest BCUT2D eigenvalue weighted by molar-refractivity contribution is -0.138. The van der Waals surface area contributed by atoms with Crippen molar-refractivity contribution in [3.05, 3.63) is 12.2 Å². The normalized spacial score (nSPS) is 9.47. The lowest BCUT2D eigenvalue weighted by Crippen LogP contribution is -2.35. The summed E-state index contributed by atoms with van der Waals surface area (Å²) in [5.41, 5.74) is 0.321. The van der Waals surface area contributed by atoms with E-state index in [1.165, 1.54) is 0 Å². The Morgan fingerprint density at radius 3 is 2.47 bits per heavy atom. The van der Waals surface area contributed by atoms with Gasteiger partial charge in [-0.2, -0.15) is 0 Å². The summed E-state index contributed by atoms with van der Waals surface area (Å²) >= 11 is 0. The molecular formula is C10H18N2O3. The van der Waals surface area contributed by atoms with Crippen molar-refractivity contribution in [2.24, 2.45) is 0 Å². The molecule has 0 rings (SSSR count). The van der Waals surface area contributed by atoms with Crippen LogP contribution in [-0.2, 0) is 14.3 Å². The average Bonchev–Trinajstić information content (AvgIpc) is 2.18. The fraction of sp³-hybridized carbons (Fsp3) is 0.600. The molecule has 0 unspecified atom stereocenters. The van der Waals surface area contributed by atoms with Gasteiger partial charge in [-0.05, 0) is 13.8 Å². The Bertz CT molecular complexity index is 239. The second-order valence-corrected chi connectivity index (χ2v) is 2.88. The predicted molar refractivity (Wildman–Crippen MR) is 57.3 cm³/mol. The summed E-state index contributed by atoms with van der Waals surface area (Å²) in [6, 6.07) is 0. The van der Waals surface area contributed by atoms with Crippen LogP contribution in [0.1, 0.15) is 13.8 Å². The van der Waals surface area contributed by atoms with Gasteiger partial charge in [0.1, 0.15) is 0 Å². The molecule has 0 aliphatic heterocycles. The van der Waals surface area contributed by atoms with E-state index in [1.807, 2.05) is 6.92 Å². The first-order valence-electron chi connectivity index (χ1n) is 4.94. The van der Waals surface area contributed by atoms with Crippen LogP contribution in [0, 0.1) is 0 Å². The molecule has 2 N–H and O–H groups in total. The number of amides is 1. The summed E-state index contributed by atoms with van der Waals surface area (Å²) in [4.78, 5) is 22.1. The van der Waals surface area contributed by atoms with Gasteiger partial charge in [-0.1, -0.05) is 6.58 Å². The van der Waals surface area contributed by atoms with Gasteiger partial charge in [0.25, 0.3) is 0 Å². The highest BCUT2D eigenvalue weighted by Crippen LogP contribution is 1.91. The average molecular weight is 214 g/mol. The van der Waals surface area contributed by atoms with Crippen molar-refractivity contribution in [2.45, 2.75) is 13.8 Å². The number of rotatable bonds is 7. The predicted octanol–water partition coefficient (Wildman–Crippen LogP) is -0.169. The molecule has 0 saturated carbocycles. The van der Waals surface area contributed by atoms with Crippen molar-refractivity contribution in [3.63, 3.8) is 0 Å². The van der Waals surface area contributed by atoms with Gasteiger partial charge >= 0.3 is 5.97 Å². The van der Waals surface area contributed by atoms with E-state index in [0.717, 1.165) is 0 Å². The van der Waals surface area contributed by atoms with Gasteiger partial charge in [0, 0.05) is 18.7 Å². The highest BCUT2D eigenvalue weighted by molar-refractivity contribution is 5.88. The minimum atomic E-state index is -0.430. The zero-order chi connectivity index (χ0) is 11.7. The van der Waals surface area contributed by atoms with Gasteiger partial charge < -0.3 is 15.4 Å². The largest absolute Gasteiger partial charge is 0.463 e. The van der Waals surface area contributed by atoms with Gasteiger partial charge in [0.15, 0.2) is 0 Å². The summed E-state index contributed by atoms with van der Waals surface area (Å²) in [5.74, 6) is -0.532. The maximum absolute atomic E-state index is 11.1. The smallest absolute Gasteiger partial charge is 0.334 e. The number of nitrogens with one attached hydrogen (secondary N) is 2. The zero-order valence-corrected chi connectivity index (χ0v) is 9.26. The molecule has 0 aromatic heterocycles. The first-order chi connectivity index (χ1) is 7.11. The Kier molecular flexibility index (Phi) is 7.27. The van der Waals surface area contributed by atoms with Gasteiger partial charge in [-0.25, -0.2) is 4.79 Å². The molecule has 0 bridgehead atoms. The highest BCUT2D eigenvalue weighted by atomic mass is 16.5. The fourth-order valence-corrected chi connectivity index (χ4v) is 0.892. The van der Waals surface area contributed by atoms with Crippen LogP contribution in [0.3, 0.4) is 0 Å². The lowest BCUT2D eigenvalue weighted by Gasteiger charge is -2.06. The van der Waals surface area contributed by atoms with Gasteiger partial charge in [0.05, 0.1) is 13.2 Å². The number of likely N-dealkylation sites (N-methyl/N-ethyl adjacent to an activating group) is 1. The second-order valence-electron chi connectivity index (χ2n) is 2.88. The van der Waals surface area contributed by atoms with E-state index in [1.54, 1.807) is 6.92 Å². The summed E-state index contributed by atoms with van der Waals surface area (Å²) < 4.78 is 4.73. The zero-order valence-electron chi connectivity index (χ0n) is 9.26. The third-order valence-electron chi connectivity index (χ3n) is 1.56. The van der Waals surface area contributed by atoms with E-state index < -0.39 is 5.97 Å². The van der Waals surface area contributed by atoms with Crippen LogP contribution < -0.4 is 10.6 Å². The van der Waals surface area contributed by atoms with Crippen molar-refractivity contribution < 1.29 is 14.3 Å². The Hall–Kier alpha value is -1.36. The summed E-state index contributed by atoms with van der Waals surface area (Å²) in [5, 5.41) is 5.42.